The number of halogens is 5. The molecule has 0 fully saturated rings. The molecule has 0 bridgehead atoms. The van der Waals surface area contributed by atoms with Gasteiger partial charge in [0.25, 0.3) is 5.91 Å². The molecule has 0 unspecified atom stereocenters. The highest BCUT2D eigenvalue weighted by atomic mass is 79.9. The third kappa shape index (κ3) is 3.74. The van der Waals surface area contributed by atoms with Gasteiger partial charge in [-0.2, -0.15) is 13.2 Å². The number of thiazole rings is 1. The van der Waals surface area contributed by atoms with E-state index in [2.05, 4.69) is 42.2 Å². The molecule has 1 aromatic heterocycles. The van der Waals surface area contributed by atoms with Crippen LogP contribution >= 0.6 is 43.2 Å². The largest absolute Gasteiger partial charge is 0.507 e. The Bertz CT molecular complexity index is 703. The standard InChI is InChI=1S/C11H5Br2F3N2O2S/c12-4-1-2-6(19)5(3-4)9(20)18-10-17-7(8(13)21-10)11(14,15)16/h1-3,19H,(H,17,18,20). The maximum atomic E-state index is 12.6. The SMILES string of the molecule is O=C(Nc1nc(C(F)(F)F)c(Br)s1)c1cc(Br)ccc1O. The molecule has 0 saturated carbocycles. The Balaban J connectivity index is 2.26. The summed E-state index contributed by atoms with van der Waals surface area (Å²) in [6, 6.07) is 4.16. The molecule has 0 aliphatic rings. The lowest BCUT2D eigenvalue weighted by atomic mass is 10.2. The van der Waals surface area contributed by atoms with Gasteiger partial charge in [-0.25, -0.2) is 4.98 Å². The number of benzene rings is 1. The van der Waals surface area contributed by atoms with Crippen molar-refractivity contribution in [1.82, 2.24) is 4.98 Å². The first-order chi connectivity index (χ1) is 9.68. The van der Waals surface area contributed by atoms with E-state index in [1.165, 1.54) is 18.2 Å². The van der Waals surface area contributed by atoms with E-state index >= 15 is 0 Å². The molecule has 2 rings (SSSR count). The van der Waals surface area contributed by atoms with Crippen molar-refractivity contribution in [3.8, 4) is 5.75 Å². The summed E-state index contributed by atoms with van der Waals surface area (Å²) in [5.41, 5.74) is -1.19. The van der Waals surface area contributed by atoms with Crippen LogP contribution in [0.5, 0.6) is 5.75 Å². The van der Waals surface area contributed by atoms with Crippen molar-refractivity contribution < 1.29 is 23.1 Å². The monoisotopic (exact) mass is 444 g/mol. The van der Waals surface area contributed by atoms with Crippen LogP contribution < -0.4 is 5.32 Å². The number of hydrogen-bond donors (Lipinski definition) is 2. The molecule has 0 radical (unpaired) electrons. The number of phenols is 1. The number of nitrogens with zero attached hydrogens (tertiary/aromatic N) is 1. The first kappa shape index (κ1) is 16.2. The Hall–Kier alpha value is -1.13. The highest BCUT2D eigenvalue weighted by Gasteiger charge is 2.37. The van der Waals surface area contributed by atoms with E-state index < -0.39 is 17.8 Å². The van der Waals surface area contributed by atoms with Crippen LogP contribution in [0, 0.1) is 0 Å². The van der Waals surface area contributed by atoms with Crippen LogP contribution in [0.4, 0.5) is 18.3 Å². The minimum Gasteiger partial charge on any atom is -0.507 e. The third-order valence-corrected chi connectivity index (χ3v) is 4.39. The number of phenolic OH excluding ortho intramolecular Hbond substituents is 1. The maximum Gasteiger partial charge on any atom is 0.435 e. The van der Waals surface area contributed by atoms with Gasteiger partial charge in [-0.1, -0.05) is 27.3 Å². The van der Waals surface area contributed by atoms with Crippen molar-refractivity contribution in [1.29, 1.82) is 0 Å². The average molecular weight is 446 g/mol. The van der Waals surface area contributed by atoms with Crippen molar-refractivity contribution >= 4 is 54.2 Å². The highest BCUT2D eigenvalue weighted by molar-refractivity contribution is 9.11. The fourth-order valence-electron chi connectivity index (χ4n) is 1.38. The van der Waals surface area contributed by atoms with Crippen molar-refractivity contribution in [2.24, 2.45) is 0 Å². The summed E-state index contributed by atoms with van der Waals surface area (Å²) >= 11 is 6.52. The molecule has 0 spiro atoms. The van der Waals surface area contributed by atoms with Crippen LogP contribution in [-0.4, -0.2) is 16.0 Å². The number of anilines is 1. The highest BCUT2D eigenvalue weighted by Crippen LogP contribution is 2.39. The molecule has 0 aliphatic heterocycles. The number of nitrogens with one attached hydrogen (secondary N) is 1. The Kier molecular flexibility index (Phi) is 4.59. The maximum absolute atomic E-state index is 12.6. The Morgan fingerprint density at radius 2 is 2.00 bits per heavy atom. The lowest BCUT2D eigenvalue weighted by Gasteiger charge is -2.05. The second kappa shape index (κ2) is 5.93. The van der Waals surface area contributed by atoms with Gasteiger partial charge < -0.3 is 5.11 Å². The van der Waals surface area contributed by atoms with Gasteiger partial charge in [-0.05, 0) is 34.1 Å². The fourth-order valence-corrected chi connectivity index (χ4v) is 3.23. The molecule has 0 saturated heterocycles. The van der Waals surface area contributed by atoms with E-state index in [4.69, 9.17) is 0 Å². The normalized spacial score (nSPS) is 11.5. The molecule has 10 heteroatoms. The summed E-state index contributed by atoms with van der Waals surface area (Å²) in [5, 5.41) is 11.6. The zero-order valence-electron chi connectivity index (χ0n) is 9.83. The molecule has 2 N–H and O–H groups in total. The lowest BCUT2D eigenvalue weighted by molar-refractivity contribution is -0.141. The number of aromatic hydroxyl groups is 1. The first-order valence-corrected chi connectivity index (χ1v) is 7.62. The van der Waals surface area contributed by atoms with Crippen LogP contribution in [0.3, 0.4) is 0 Å². The van der Waals surface area contributed by atoms with Crippen molar-refractivity contribution in [2.45, 2.75) is 6.18 Å². The van der Waals surface area contributed by atoms with Crippen molar-refractivity contribution in [2.75, 3.05) is 5.32 Å². The summed E-state index contributed by atoms with van der Waals surface area (Å²) in [4.78, 5) is 15.3. The molecule has 0 aliphatic carbocycles. The van der Waals surface area contributed by atoms with E-state index in [-0.39, 0.29) is 20.2 Å². The third-order valence-electron chi connectivity index (χ3n) is 2.28. The van der Waals surface area contributed by atoms with Gasteiger partial charge in [-0.15, -0.1) is 0 Å². The number of carbonyl (C=O) groups is 1. The molecular formula is C11H5Br2F3N2O2S. The van der Waals surface area contributed by atoms with Crippen LogP contribution in [0.25, 0.3) is 0 Å². The Morgan fingerprint density at radius 3 is 2.57 bits per heavy atom. The Morgan fingerprint density at radius 1 is 1.33 bits per heavy atom. The molecule has 1 heterocycles. The van der Waals surface area contributed by atoms with Gasteiger partial charge in [0.1, 0.15) is 9.54 Å². The minimum absolute atomic E-state index is 0.0794. The molecule has 21 heavy (non-hydrogen) atoms. The summed E-state index contributed by atoms with van der Waals surface area (Å²) in [5.74, 6) is -1.05. The minimum atomic E-state index is -4.61. The van der Waals surface area contributed by atoms with Crippen molar-refractivity contribution in [3.63, 3.8) is 0 Å². The van der Waals surface area contributed by atoms with Gasteiger partial charge >= 0.3 is 6.18 Å². The number of carbonyl (C=O) groups excluding carboxylic acids is 1. The summed E-state index contributed by atoms with van der Waals surface area (Å²) in [6.45, 7) is 0. The summed E-state index contributed by atoms with van der Waals surface area (Å²) in [7, 11) is 0. The first-order valence-electron chi connectivity index (χ1n) is 5.22. The number of alkyl halides is 3. The van der Waals surface area contributed by atoms with Crippen molar-refractivity contribution in [3.05, 3.63) is 37.7 Å². The topological polar surface area (TPSA) is 62.2 Å². The van der Waals surface area contributed by atoms with Crippen LogP contribution in [0.2, 0.25) is 0 Å². The van der Waals surface area contributed by atoms with Gasteiger partial charge in [0.2, 0.25) is 0 Å². The molecule has 0 atom stereocenters. The average Bonchev–Trinajstić information content (AvgIpc) is 2.73. The van der Waals surface area contributed by atoms with Crippen LogP contribution in [0.15, 0.2) is 26.5 Å². The van der Waals surface area contributed by atoms with Gasteiger partial charge in [-0.3, -0.25) is 10.1 Å². The number of amides is 1. The number of hydrogen-bond acceptors (Lipinski definition) is 4. The lowest BCUT2D eigenvalue weighted by Crippen LogP contribution is -2.13. The predicted octanol–water partition coefficient (Wildman–Crippen LogP) is 4.64. The quantitative estimate of drug-likeness (QED) is 0.707. The van der Waals surface area contributed by atoms with Crippen LogP contribution in [-0.2, 0) is 6.18 Å². The number of aromatic nitrogens is 1. The second-order valence-electron chi connectivity index (χ2n) is 3.75. The van der Waals surface area contributed by atoms with Gasteiger partial charge in [0.05, 0.1) is 5.56 Å². The fraction of sp³-hybridized carbons (Fsp3) is 0.0909. The smallest absolute Gasteiger partial charge is 0.435 e. The molecule has 1 amide bonds. The van der Waals surface area contributed by atoms with Gasteiger partial charge in [0.15, 0.2) is 10.8 Å². The van der Waals surface area contributed by atoms with E-state index in [9.17, 15) is 23.1 Å². The molecule has 1 aromatic carbocycles. The van der Waals surface area contributed by atoms with Gasteiger partial charge in [0, 0.05) is 4.47 Å². The molecular weight excluding hydrogens is 441 g/mol. The molecule has 112 valence electrons. The van der Waals surface area contributed by atoms with E-state index in [1.54, 1.807) is 0 Å². The van der Waals surface area contributed by atoms with E-state index in [0.29, 0.717) is 15.8 Å². The molecule has 2 aromatic rings. The number of rotatable bonds is 2. The molecule has 4 nitrogen and oxygen atoms in total. The Labute approximate surface area is 137 Å². The van der Waals surface area contributed by atoms with Crippen LogP contribution in [0.1, 0.15) is 16.1 Å². The van der Waals surface area contributed by atoms with E-state index in [0.717, 1.165) is 0 Å². The second-order valence-corrected chi connectivity index (χ2v) is 6.99. The predicted molar refractivity (Wildman–Crippen MR) is 78.6 cm³/mol. The zero-order chi connectivity index (χ0) is 15.8. The zero-order valence-corrected chi connectivity index (χ0v) is 13.8. The summed E-state index contributed by atoms with van der Waals surface area (Å²) < 4.78 is 38.1. The van der Waals surface area contributed by atoms with E-state index in [1.807, 2.05) is 0 Å². The summed E-state index contributed by atoms with van der Waals surface area (Å²) in [6.07, 6.45) is -4.61.